The van der Waals surface area contributed by atoms with E-state index in [0.29, 0.717) is 32.0 Å². The fraction of sp³-hybridized carbons (Fsp3) is 0.556. The van der Waals surface area contributed by atoms with E-state index in [1.54, 1.807) is 16.7 Å². The summed E-state index contributed by atoms with van der Waals surface area (Å²) >= 11 is 1.58. The molecule has 0 spiro atoms. The molecule has 1 aromatic rings. The fourth-order valence-electron chi connectivity index (χ4n) is 2.57. The minimum atomic E-state index is -0.614. The van der Waals surface area contributed by atoms with Gasteiger partial charge in [-0.25, -0.2) is 0 Å². The summed E-state index contributed by atoms with van der Waals surface area (Å²) in [5.74, 6) is 0.407. The van der Waals surface area contributed by atoms with Crippen molar-refractivity contribution in [2.45, 2.75) is 37.7 Å². The van der Waals surface area contributed by atoms with E-state index in [9.17, 15) is 9.59 Å². The Balaban J connectivity index is 1.93. The number of nitrogens with zero attached hydrogens (tertiary/aromatic N) is 1. The van der Waals surface area contributed by atoms with E-state index >= 15 is 0 Å². The topological polar surface area (TPSA) is 58.6 Å². The second-order valence-corrected chi connectivity index (χ2v) is 7.17. The number of anilines is 1. The summed E-state index contributed by atoms with van der Waals surface area (Å²) in [6, 6.07) is 7.66. The van der Waals surface area contributed by atoms with Crippen molar-refractivity contribution in [1.29, 1.82) is 0 Å². The van der Waals surface area contributed by atoms with Gasteiger partial charge in [0.2, 0.25) is 5.91 Å². The highest BCUT2D eigenvalue weighted by Gasteiger charge is 2.29. The zero-order chi connectivity index (χ0) is 17.5. The van der Waals surface area contributed by atoms with Crippen LogP contribution < -0.4 is 5.32 Å². The summed E-state index contributed by atoms with van der Waals surface area (Å²) in [7, 11) is 0. The van der Waals surface area contributed by atoms with Crippen LogP contribution in [0.4, 0.5) is 5.69 Å². The molecule has 5 nitrogen and oxygen atoms in total. The molecule has 1 aromatic carbocycles. The first-order valence-electron chi connectivity index (χ1n) is 8.34. The maximum absolute atomic E-state index is 12.5. The molecule has 0 saturated carbocycles. The minimum absolute atomic E-state index is 0.106. The number of para-hydroxylation sites is 1. The van der Waals surface area contributed by atoms with E-state index in [0.717, 1.165) is 17.0 Å². The maximum atomic E-state index is 12.5. The van der Waals surface area contributed by atoms with Crippen LogP contribution in [0.15, 0.2) is 29.2 Å². The first-order valence-corrected chi connectivity index (χ1v) is 9.57. The number of ether oxygens (including phenoxy) is 1. The highest BCUT2D eigenvalue weighted by molar-refractivity contribution is 7.98. The molecule has 1 fully saturated rings. The monoisotopic (exact) mass is 350 g/mol. The molecule has 1 atom stereocenters. The van der Waals surface area contributed by atoms with E-state index in [1.165, 1.54) is 0 Å². The molecule has 2 rings (SSSR count). The number of nitrogens with one attached hydrogen (secondary N) is 1. The van der Waals surface area contributed by atoms with Gasteiger partial charge in [0.15, 0.2) is 6.10 Å². The molecule has 6 heteroatoms. The molecule has 2 amide bonds. The highest BCUT2D eigenvalue weighted by Crippen LogP contribution is 2.25. The van der Waals surface area contributed by atoms with Gasteiger partial charge in [-0.2, -0.15) is 0 Å². The largest absolute Gasteiger partial charge is 0.365 e. The minimum Gasteiger partial charge on any atom is -0.365 e. The molecule has 0 aliphatic carbocycles. The number of thioether (sulfide) groups is 1. The Hall–Kier alpha value is -1.53. The van der Waals surface area contributed by atoms with E-state index in [-0.39, 0.29) is 11.8 Å². The molecule has 0 aromatic heterocycles. The average Bonchev–Trinajstić information content (AvgIpc) is 2.60. The number of amides is 2. The Morgan fingerprint density at radius 1 is 1.38 bits per heavy atom. The van der Waals surface area contributed by atoms with Gasteiger partial charge in [-0.05, 0) is 30.7 Å². The van der Waals surface area contributed by atoms with Gasteiger partial charge in [0.25, 0.3) is 5.91 Å². The van der Waals surface area contributed by atoms with Gasteiger partial charge in [-0.15, -0.1) is 11.8 Å². The zero-order valence-corrected chi connectivity index (χ0v) is 15.4. The third-order valence-corrected chi connectivity index (χ3v) is 4.81. The maximum Gasteiger partial charge on any atom is 0.255 e. The number of carbonyl (C=O) groups is 2. The van der Waals surface area contributed by atoms with E-state index in [1.807, 2.05) is 30.5 Å². The fourth-order valence-corrected chi connectivity index (χ4v) is 3.12. The van der Waals surface area contributed by atoms with Gasteiger partial charge in [0.05, 0.1) is 18.8 Å². The molecule has 1 aliphatic rings. The molecular weight excluding hydrogens is 324 g/mol. The standard InChI is InChI=1S/C18H26N2O3S/c1-13(2)8-9-17(21)20-10-11-23-15(12-20)18(22)19-14-6-4-5-7-16(14)24-3/h4-7,13,15H,8-12H2,1-3H3,(H,19,22)/t15-/m0/s1. The second kappa shape index (κ2) is 9.08. The number of rotatable bonds is 6. The van der Waals surface area contributed by atoms with Crippen molar-refractivity contribution < 1.29 is 14.3 Å². The lowest BCUT2D eigenvalue weighted by Crippen LogP contribution is -2.50. The van der Waals surface area contributed by atoms with Gasteiger partial charge in [-0.1, -0.05) is 26.0 Å². The van der Waals surface area contributed by atoms with E-state index < -0.39 is 6.10 Å². The van der Waals surface area contributed by atoms with Crippen molar-refractivity contribution in [2.75, 3.05) is 31.3 Å². The molecule has 0 bridgehead atoms. The summed E-state index contributed by atoms with van der Waals surface area (Å²) < 4.78 is 5.58. The smallest absolute Gasteiger partial charge is 0.255 e. The normalized spacial score (nSPS) is 17.8. The summed E-state index contributed by atoms with van der Waals surface area (Å²) in [6.45, 7) is 5.49. The van der Waals surface area contributed by atoms with Crippen LogP contribution in [0.25, 0.3) is 0 Å². The lowest BCUT2D eigenvalue weighted by Gasteiger charge is -2.32. The first kappa shape index (κ1) is 18.8. The summed E-state index contributed by atoms with van der Waals surface area (Å²) in [4.78, 5) is 27.5. The Morgan fingerprint density at radius 2 is 2.12 bits per heavy atom. The van der Waals surface area contributed by atoms with Crippen LogP contribution in [0.2, 0.25) is 0 Å². The Bertz CT molecular complexity index is 577. The number of hydrogen-bond acceptors (Lipinski definition) is 4. The third kappa shape index (κ3) is 5.24. The first-order chi connectivity index (χ1) is 11.5. The molecule has 1 heterocycles. The molecule has 0 unspecified atom stereocenters. The SMILES string of the molecule is CSc1ccccc1NC(=O)[C@@H]1CN(C(=O)CCC(C)C)CCO1. The lowest BCUT2D eigenvalue weighted by atomic mass is 10.1. The highest BCUT2D eigenvalue weighted by atomic mass is 32.2. The second-order valence-electron chi connectivity index (χ2n) is 6.32. The third-order valence-electron chi connectivity index (χ3n) is 4.01. The summed E-state index contributed by atoms with van der Waals surface area (Å²) in [5, 5.41) is 2.92. The van der Waals surface area contributed by atoms with Gasteiger partial charge in [-0.3, -0.25) is 9.59 Å². The Morgan fingerprint density at radius 3 is 2.83 bits per heavy atom. The predicted octanol–water partition coefficient (Wildman–Crippen LogP) is 3.01. The molecule has 132 valence electrons. The Kier molecular flexibility index (Phi) is 7.12. The van der Waals surface area contributed by atoms with Crippen LogP contribution in [0.1, 0.15) is 26.7 Å². The molecule has 1 saturated heterocycles. The number of benzene rings is 1. The van der Waals surface area contributed by atoms with Crippen molar-refractivity contribution >= 4 is 29.3 Å². The molecule has 1 N–H and O–H groups in total. The van der Waals surface area contributed by atoms with Crippen molar-refractivity contribution in [2.24, 2.45) is 5.92 Å². The zero-order valence-electron chi connectivity index (χ0n) is 14.6. The molecular formula is C18H26N2O3S. The van der Waals surface area contributed by atoms with Crippen LogP contribution in [-0.4, -0.2) is 48.8 Å². The summed E-state index contributed by atoms with van der Waals surface area (Å²) in [5.41, 5.74) is 0.779. The van der Waals surface area contributed by atoms with E-state index in [4.69, 9.17) is 4.74 Å². The van der Waals surface area contributed by atoms with Crippen molar-refractivity contribution in [1.82, 2.24) is 4.90 Å². The van der Waals surface area contributed by atoms with Crippen LogP contribution in [-0.2, 0) is 14.3 Å². The van der Waals surface area contributed by atoms with Crippen molar-refractivity contribution in [3.8, 4) is 0 Å². The van der Waals surface area contributed by atoms with Crippen molar-refractivity contribution in [3.63, 3.8) is 0 Å². The van der Waals surface area contributed by atoms with Crippen LogP contribution in [0.3, 0.4) is 0 Å². The van der Waals surface area contributed by atoms with E-state index in [2.05, 4.69) is 19.2 Å². The van der Waals surface area contributed by atoms with Crippen molar-refractivity contribution in [3.05, 3.63) is 24.3 Å². The predicted molar refractivity (Wildman–Crippen MR) is 97.2 cm³/mol. The van der Waals surface area contributed by atoms with Gasteiger partial charge >= 0.3 is 0 Å². The Labute approximate surface area is 148 Å². The van der Waals surface area contributed by atoms with Gasteiger partial charge in [0, 0.05) is 17.9 Å². The number of hydrogen-bond donors (Lipinski definition) is 1. The van der Waals surface area contributed by atoms with Crippen LogP contribution in [0.5, 0.6) is 0 Å². The van der Waals surface area contributed by atoms with Gasteiger partial charge < -0.3 is 15.0 Å². The quantitative estimate of drug-likeness (QED) is 0.801. The molecule has 24 heavy (non-hydrogen) atoms. The molecule has 0 radical (unpaired) electrons. The number of morpholine rings is 1. The average molecular weight is 350 g/mol. The van der Waals surface area contributed by atoms with Crippen LogP contribution >= 0.6 is 11.8 Å². The summed E-state index contributed by atoms with van der Waals surface area (Å²) in [6.07, 6.45) is 2.75. The van der Waals surface area contributed by atoms with Gasteiger partial charge in [0.1, 0.15) is 0 Å². The lowest BCUT2D eigenvalue weighted by molar-refractivity contribution is -0.144. The van der Waals surface area contributed by atoms with Crippen LogP contribution in [0, 0.1) is 5.92 Å². The molecule has 1 aliphatic heterocycles. The number of carbonyl (C=O) groups excluding carboxylic acids is 2.